The molecule has 0 fully saturated rings. The van der Waals surface area contributed by atoms with Gasteiger partial charge < -0.3 is 19.1 Å². The first-order valence-corrected chi connectivity index (χ1v) is 9.46. The first-order valence-electron chi connectivity index (χ1n) is 9.46. The molecule has 0 bridgehead atoms. The number of methoxy groups -OCH3 is 1. The summed E-state index contributed by atoms with van der Waals surface area (Å²) in [5.74, 6) is 0.586. The lowest BCUT2D eigenvalue weighted by Gasteiger charge is -2.32. The second-order valence-electron chi connectivity index (χ2n) is 7.93. The third kappa shape index (κ3) is 4.62. The lowest BCUT2D eigenvalue weighted by Crippen LogP contribution is -2.38. The maximum Gasteiger partial charge on any atom is 0.410 e. The SMILES string of the molecule is COc1cc(-c2cccc3c2CCO[C@@H]3CN(C)C(=O)OC(C)(C)C)ccn1. The molecule has 2 aromatic rings. The summed E-state index contributed by atoms with van der Waals surface area (Å²) in [4.78, 5) is 18.1. The monoisotopic (exact) mass is 384 g/mol. The van der Waals surface area contributed by atoms with Crippen molar-refractivity contribution in [3.63, 3.8) is 0 Å². The summed E-state index contributed by atoms with van der Waals surface area (Å²) in [6.07, 6.45) is 2.03. The second kappa shape index (κ2) is 8.19. The number of hydrogen-bond acceptors (Lipinski definition) is 5. The van der Waals surface area contributed by atoms with Gasteiger partial charge in [-0.25, -0.2) is 9.78 Å². The summed E-state index contributed by atoms with van der Waals surface area (Å²) in [6.45, 7) is 6.63. The molecule has 150 valence electrons. The zero-order valence-electron chi connectivity index (χ0n) is 17.2. The molecule has 6 heteroatoms. The molecule has 1 aliphatic rings. The Morgan fingerprint density at radius 1 is 1.32 bits per heavy atom. The van der Waals surface area contributed by atoms with Gasteiger partial charge in [0.1, 0.15) is 11.7 Å². The molecule has 3 rings (SSSR count). The van der Waals surface area contributed by atoms with Crippen molar-refractivity contribution in [1.82, 2.24) is 9.88 Å². The summed E-state index contributed by atoms with van der Waals surface area (Å²) in [5.41, 5.74) is 4.03. The number of ether oxygens (including phenoxy) is 3. The minimum atomic E-state index is -0.524. The standard InChI is InChI=1S/C22H28N2O4/c1-22(2,3)28-21(25)24(4)14-19-18-8-6-7-16(17(18)10-12-27-19)15-9-11-23-20(13-15)26-5/h6-9,11,13,19H,10,12,14H2,1-5H3/t19-/m1/s1. The van der Waals surface area contributed by atoms with Gasteiger partial charge >= 0.3 is 6.09 Å². The fourth-order valence-electron chi connectivity index (χ4n) is 3.35. The zero-order valence-corrected chi connectivity index (χ0v) is 17.2. The number of likely N-dealkylation sites (N-methyl/N-ethyl adjacent to an activating group) is 1. The number of pyridine rings is 1. The minimum Gasteiger partial charge on any atom is -0.481 e. The van der Waals surface area contributed by atoms with Crippen LogP contribution in [0.2, 0.25) is 0 Å². The number of amides is 1. The molecule has 0 saturated carbocycles. The molecule has 0 radical (unpaired) electrons. The molecule has 0 spiro atoms. The lowest BCUT2D eigenvalue weighted by molar-refractivity contribution is -0.00157. The minimum absolute atomic E-state index is 0.190. The Kier molecular flexibility index (Phi) is 5.89. The van der Waals surface area contributed by atoms with Crippen molar-refractivity contribution in [1.29, 1.82) is 0 Å². The summed E-state index contributed by atoms with van der Waals surface area (Å²) in [6, 6.07) is 10.1. The topological polar surface area (TPSA) is 60.9 Å². The van der Waals surface area contributed by atoms with E-state index in [1.54, 1.807) is 25.3 Å². The fraction of sp³-hybridized carbons (Fsp3) is 0.455. The molecule has 1 atom stereocenters. The fourth-order valence-corrected chi connectivity index (χ4v) is 3.35. The molecule has 6 nitrogen and oxygen atoms in total. The van der Waals surface area contributed by atoms with E-state index < -0.39 is 5.60 Å². The van der Waals surface area contributed by atoms with Crippen LogP contribution in [0.25, 0.3) is 11.1 Å². The molecule has 1 aliphatic heterocycles. The van der Waals surface area contributed by atoms with Gasteiger partial charge in [0.2, 0.25) is 5.88 Å². The van der Waals surface area contributed by atoms with E-state index >= 15 is 0 Å². The van der Waals surface area contributed by atoms with Gasteiger partial charge in [-0.3, -0.25) is 0 Å². The Labute approximate surface area is 166 Å². The highest BCUT2D eigenvalue weighted by Gasteiger charge is 2.27. The van der Waals surface area contributed by atoms with Crippen LogP contribution >= 0.6 is 0 Å². The van der Waals surface area contributed by atoms with Crippen molar-refractivity contribution in [3.05, 3.63) is 47.7 Å². The van der Waals surface area contributed by atoms with E-state index in [1.807, 2.05) is 39.0 Å². The number of rotatable bonds is 4. The van der Waals surface area contributed by atoms with Gasteiger partial charge in [0.15, 0.2) is 0 Å². The predicted molar refractivity (Wildman–Crippen MR) is 107 cm³/mol. The van der Waals surface area contributed by atoms with Gasteiger partial charge in [0.05, 0.1) is 20.3 Å². The van der Waals surface area contributed by atoms with Crippen molar-refractivity contribution in [2.24, 2.45) is 0 Å². The van der Waals surface area contributed by atoms with E-state index in [1.165, 1.54) is 5.56 Å². The largest absolute Gasteiger partial charge is 0.481 e. The maximum atomic E-state index is 12.3. The summed E-state index contributed by atoms with van der Waals surface area (Å²) in [5, 5.41) is 0. The van der Waals surface area contributed by atoms with E-state index in [0.29, 0.717) is 19.0 Å². The van der Waals surface area contributed by atoms with Crippen LogP contribution in [0.5, 0.6) is 5.88 Å². The molecule has 0 N–H and O–H groups in total. The summed E-state index contributed by atoms with van der Waals surface area (Å²) >= 11 is 0. The van der Waals surface area contributed by atoms with Crippen LogP contribution in [-0.2, 0) is 15.9 Å². The van der Waals surface area contributed by atoms with E-state index in [9.17, 15) is 4.79 Å². The van der Waals surface area contributed by atoms with Gasteiger partial charge in [0, 0.05) is 19.3 Å². The van der Waals surface area contributed by atoms with Crippen LogP contribution in [0.1, 0.15) is 38.0 Å². The Balaban J connectivity index is 1.85. The highest BCUT2D eigenvalue weighted by atomic mass is 16.6. The van der Waals surface area contributed by atoms with Crippen molar-refractivity contribution < 1.29 is 19.0 Å². The number of benzene rings is 1. The van der Waals surface area contributed by atoms with Crippen LogP contribution in [0.3, 0.4) is 0 Å². The third-order valence-corrected chi connectivity index (χ3v) is 4.63. The van der Waals surface area contributed by atoms with Crippen LogP contribution < -0.4 is 4.74 Å². The summed E-state index contributed by atoms with van der Waals surface area (Å²) < 4.78 is 16.7. The molecule has 1 amide bonds. The highest BCUT2D eigenvalue weighted by Crippen LogP contribution is 2.35. The molecule has 1 aromatic heterocycles. The molecular weight excluding hydrogens is 356 g/mol. The van der Waals surface area contributed by atoms with Crippen molar-refractivity contribution in [3.8, 4) is 17.0 Å². The number of hydrogen-bond donors (Lipinski definition) is 0. The predicted octanol–water partition coefficient (Wildman–Crippen LogP) is 4.24. The van der Waals surface area contributed by atoms with Crippen LogP contribution in [0.15, 0.2) is 36.5 Å². The average molecular weight is 384 g/mol. The van der Waals surface area contributed by atoms with E-state index in [2.05, 4.69) is 17.1 Å². The number of carbonyl (C=O) groups excluding carboxylic acids is 1. The third-order valence-electron chi connectivity index (χ3n) is 4.63. The average Bonchev–Trinajstić information content (AvgIpc) is 2.66. The highest BCUT2D eigenvalue weighted by molar-refractivity contribution is 5.70. The molecule has 2 heterocycles. The first kappa shape index (κ1) is 20.1. The van der Waals surface area contributed by atoms with Crippen molar-refractivity contribution >= 4 is 6.09 Å². The Morgan fingerprint density at radius 3 is 2.82 bits per heavy atom. The van der Waals surface area contributed by atoms with Crippen LogP contribution in [0.4, 0.5) is 4.79 Å². The molecular formula is C22H28N2O4. The Bertz CT molecular complexity index is 845. The van der Waals surface area contributed by atoms with Gasteiger partial charge in [-0.15, -0.1) is 0 Å². The molecule has 0 aliphatic carbocycles. The maximum absolute atomic E-state index is 12.3. The summed E-state index contributed by atoms with van der Waals surface area (Å²) in [7, 11) is 3.35. The number of carbonyl (C=O) groups is 1. The van der Waals surface area contributed by atoms with Gasteiger partial charge in [-0.2, -0.15) is 0 Å². The quantitative estimate of drug-likeness (QED) is 0.789. The van der Waals surface area contributed by atoms with Crippen LogP contribution in [-0.4, -0.2) is 48.9 Å². The van der Waals surface area contributed by atoms with E-state index in [0.717, 1.165) is 23.1 Å². The lowest BCUT2D eigenvalue weighted by atomic mass is 9.89. The smallest absolute Gasteiger partial charge is 0.410 e. The van der Waals surface area contributed by atoms with Gasteiger partial charge in [-0.1, -0.05) is 18.2 Å². The van der Waals surface area contributed by atoms with Crippen LogP contribution in [0, 0.1) is 0 Å². The number of nitrogens with zero attached hydrogens (tertiary/aromatic N) is 2. The second-order valence-corrected chi connectivity index (χ2v) is 7.93. The Hall–Kier alpha value is -2.60. The Morgan fingerprint density at radius 2 is 2.11 bits per heavy atom. The molecule has 1 aromatic carbocycles. The van der Waals surface area contributed by atoms with Gasteiger partial charge in [-0.05, 0) is 55.5 Å². The zero-order chi connectivity index (χ0) is 20.3. The molecule has 28 heavy (non-hydrogen) atoms. The van der Waals surface area contributed by atoms with Crippen molar-refractivity contribution in [2.45, 2.75) is 38.9 Å². The molecule has 0 unspecified atom stereocenters. The van der Waals surface area contributed by atoms with Gasteiger partial charge in [0.25, 0.3) is 0 Å². The van der Waals surface area contributed by atoms with Crippen molar-refractivity contribution in [2.75, 3.05) is 27.3 Å². The number of fused-ring (bicyclic) bond motifs is 1. The number of aromatic nitrogens is 1. The molecule has 0 saturated heterocycles. The first-order chi connectivity index (χ1) is 13.3. The normalized spacial score (nSPS) is 16.2. The van der Waals surface area contributed by atoms with E-state index in [4.69, 9.17) is 14.2 Å². The van der Waals surface area contributed by atoms with E-state index in [-0.39, 0.29) is 12.2 Å².